The minimum atomic E-state index is -1.35. The van der Waals surface area contributed by atoms with Crippen molar-refractivity contribution in [2.24, 2.45) is 0 Å². The first-order valence-electron chi connectivity index (χ1n) is 24.2. The van der Waals surface area contributed by atoms with Crippen molar-refractivity contribution in [3.63, 3.8) is 0 Å². The summed E-state index contributed by atoms with van der Waals surface area (Å²) in [4.78, 5) is 28.4. The first-order chi connectivity index (χ1) is 35.0. The summed E-state index contributed by atoms with van der Waals surface area (Å²) in [5.74, 6) is -0.925. The molecule has 11 nitrogen and oxygen atoms in total. The molecule has 364 valence electrons. The molecule has 0 bridgehead atoms. The quantitative estimate of drug-likeness (QED) is 0.0658. The van der Waals surface area contributed by atoms with E-state index in [9.17, 15) is 9.59 Å². The molecule has 0 spiro atoms. The van der Waals surface area contributed by atoms with Crippen LogP contribution < -0.4 is 5.32 Å². The predicted octanol–water partition coefficient (Wildman–Crippen LogP) is 10.7. The maximum absolute atomic E-state index is 14.3. The molecule has 11 heteroatoms. The highest BCUT2D eigenvalue weighted by Crippen LogP contribution is 2.44. The summed E-state index contributed by atoms with van der Waals surface area (Å²) in [7, 11) is 0. The standard InChI is InChI=1S/C60H59NO10/c1-42(54(58(62)68-39-47-29-15-6-16-30-47)61-60(63)69-40-52-50-33-19-17-31-48(50)49-32-18-20-34-51(49)52)70-59-57(67-38-46-27-13-5-14-28-46)56(66-37-45-25-11-4-12-26-45)55(65-36-44-23-9-3-10-24-44)53(71-59)41-64-35-43-21-7-2-8-22-43/h2-34,42,52-57,59H,35-41H2,1H3,(H,61,63)/t42-,53-,54+,55-,56+,57+,59+/m1/s1. The average molecular weight is 954 g/mol. The van der Waals surface area contributed by atoms with E-state index in [1.54, 1.807) is 6.92 Å². The largest absolute Gasteiger partial charge is 0.459 e. The number of alkyl carbamates (subject to hydrolysis) is 1. The van der Waals surface area contributed by atoms with Crippen molar-refractivity contribution in [3.8, 4) is 11.1 Å². The maximum atomic E-state index is 14.3. The molecular formula is C60H59NO10. The predicted molar refractivity (Wildman–Crippen MR) is 269 cm³/mol. The van der Waals surface area contributed by atoms with Crippen molar-refractivity contribution < 1.29 is 47.5 Å². The minimum Gasteiger partial charge on any atom is -0.459 e. The Morgan fingerprint density at radius 2 is 0.901 bits per heavy atom. The van der Waals surface area contributed by atoms with E-state index < -0.39 is 54.9 Å². The van der Waals surface area contributed by atoms with Crippen molar-refractivity contribution in [2.75, 3.05) is 13.2 Å². The van der Waals surface area contributed by atoms with Crippen LogP contribution >= 0.6 is 0 Å². The molecule has 7 atom stereocenters. The van der Waals surface area contributed by atoms with Crippen LogP contribution in [0.15, 0.2) is 200 Å². The van der Waals surface area contributed by atoms with Gasteiger partial charge in [0, 0.05) is 5.92 Å². The van der Waals surface area contributed by atoms with Gasteiger partial charge in [-0.25, -0.2) is 9.59 Å². The molecule has 0 saturated carbocycles. The van der Waals surface area contributed by atoms with Gasteiger partial charge in [0.05, 0.1) is 39.1 Å². The Morgan fingerprint density at radius 1 is 0.479 bits per heavy atom. The summed E-state index contributed by atoms with van der Waals surface area (Å²) in [5, 5.41) is 2.82. The van der Waals surface area contributed by atoms with Crippen LogP contribution in [-0.4, -0.2) is 68.1 Å². The highest BCUT2D eigenvalue weighted by atomic mass is 16.7. The van der Waals surface area contributed by atoms with Gasteiger partial charge in [0.25, 0.3) is 0 Å². The molecule has 2 aliphatic rings. The third-order valence-electron chi connectivity index (χ3n) is 12.8. The molecule has 1 amide bonds. The number of carbonyl (C=O) groups excluding carboxylic acids is 2. The van der Waals surface area contributed by atoms with E-state index in [2.05, 4.69) is 29.6 Å². The minimum absolute atomic E-state index is 0.0331. The molecule has 1 aliphatic carbocycles. The highest BCUT2D eigenvalue weighted by molar-refractivity contribution is 5.82. The van der Waals surface area contributed by atoms with E-state index in [-0.39, 0.29) is 45.6 Å². The Bertz CT molecular complexity index is 2680. The second-order valence-electron chi connectivity index (χ2n) is 17.7. The van der Waals surface area contributed by atoms with E-state index >= 15 is 0 Å². The van der Waals surface area contributed by atoms with Crippen LogP contribution in [0.1, 0.15) is 51.8 Å². The molecule has 1 N–H and O–H groups in total. The molecule has 0 radical (unpaired) electrons. The second kappa shape index (κ2) is 24.7. The lowest BCUT2D eigenvalue weighted by Gasteiger charge is -2.46. The van der Waals surface area contributed by atoms with Crippen molar-refractivity contribution in [1.82, 2.24) is 5.32 Å². The van der Waals surface area contributed by atoms with E-state index in [4.69, 9.17) is 37.9 Å². The summed E-state index contributed by atoms with van der Waals surface area (Å²) in [6.07, 6.45) is -6.25. The SMILES string of the molecule is C[C@@H](O[C@H]1O[C@H](COCc2ccccc2)[C@@H](OCc2ccccc2)[C@H](OCc2ccccc2)[C@@H]1OCc1ccccc1)[C@H](NC(=O)OCC1c2ccccc2-c2ccccc21)C(=O)OCc1ccccc1. The number of ether oxygens (including phenoxy) is 8. The van der Waals surface area contributed by atoms with Crippen LogP contribution in [-0.2, 0) is 75.7 Å². The van der Waals surface area contributed by atoms with Gasteiger partial charge in [-0.15, -0.1) is 0 Å². The fourth-order valence-corrected chi connectivity index (χ4v) is 9.10. The van der Waals surface area contributed by atoms with Gasteiger partial charge in [0.2, 0.25) is 0 Å². The van der Waals surface area contributed by atoms with Gasteiger partial charge in [-0.05, 0) is 57.0 Å². The van der Waals surface area contributed by atoms with E-state index in [1.807, 2.05) is 176 Å². The number of hydrogen-bond donors (Lipinski definition) is 1. The third-order valence-corrected chi connectivity index (χ3v) is 12.8. The summed E-state index contributed by atoms with van der Waals surface area (Å²) >= 11 is 0. The number of hydrogen-bond acceptors (Lipinski definition) is 10. The molecule has 0 unspecified atom stereocenters. The van der Waals surface area contributed by atoms with Crippen LogP contribution in [0.4, 0.5) is 4.79 Å². The zero-order valence-electron chi connectivity index (χ0n) is 39.7. The van der Waals surface area contributed by atoms with E-state index in [1.165, 1.54) is 0 Å². The van der Waals surface area contributed by atoms with Crippen molar-refractivity contribution in [3.05, 3.63) is 239 Å². The number of fused-ring (bicyclic) bond motifs is 3. The van der Waals surface area contributed by atoms with Crippen LogP contribution in [0.5, 0.6) is 0 Å². The van der Waals surface area contributed by atoms with Gasteiger partial charge in [-0.2, -0.15) is 0 Å². The Kier molecular flexibility index (Phi) is 17.1. The molecule has 1 aliphatic heterocycles. The maximum Gasteiger partial charge on any atom is 0.407 e. The zero-order chi connectivity index (χ0) is 48.6. The number of rotatable bonds is 22. The summed E-state index contributed by atoms with van der Waals surface area (Å²) in [6.45, 7) is 2.76. The molecule has 7 aromatic rings. The molecule has 71 heavy (non-hydrogen) atoms. The number of carbonyl (C=O) groups is 2. The van der Waals surface area contributed by atoms with Gasteiger partial charge in [0.1, 0.15) is 37.6 Å². The van der Waals surface area contributed by atoms with Gasteiger partial charge in [-0.1, -0.05) is 200 Å². The van der Waals surface area contributed by atoms with Crippen LogP contribution in [0.25, 0.3) is 11.1 Å². The van der Waals surface area contributed by atoms with E-state index in [0.717, 1.165) is 50.1 Å². The van der Waals surface area contributed by atoms with Gasteiger partial charge >= 0.3 is 12.1 Å². The molecule has 7 aromatic carbocycles. The summed E-state index contributed by atoms with van der Waals surface area (Å²) in [6, 6.07) is 63.6. The monoisotopic (exact) mass is 953 g/mol. The number of benzene rings is 7. The summed E-state index contributed by atoms with van der Waals surface area (Å²) in [5.41, 5.74) is 8.90. The first kappa shape index (κ1) is 49.0. The average Bonchev–Trinajstić information content (AvgIpc) is 3.74. The molecule has 1 saturated heterocycles. The third kappa shape index (κ3) is 13.1. The van der Waals surface area contributed by atoms with Gasteiger partial charge in [0.15, 0.2) is 12.3 Å². The van der Waals surface area contributed by atoms with Crippen LogP contribution in [0.2, 0.25) is 0 Å². The molecule has 1 fully saturated rings. The van der Waals surface area contributed by atoms with Crippen molar-refractivity contribution >= 4 is 12.1 Å². The van der Waals surface area contributed by atoms with Crippen molar-refractivity contribution in [1.29, 1.82) is 0 Å². The number of amides is 1. The topological polar surface area (TPSA) is 120 Å². The molecule has 1 heterocycles. The van der Waals surface area contributed by atoms with Crippen molar-refractivity contribution in [2.45, 2.75) is 88.7 Å². The second-order valence-corrected chi connectivity index (χ2v) is 17.7. The fraction of sp³-hybridized carbons (Fsp3) is 0.267. The number of nitrogens with one attached hydrogen (secondary N) is 1. The lowest BCUT2D eigenvalue weighted by atomic mass is 9.97. The Labute approximate surface area is 415 Å². The molecule has 0 aromatic heterocycles. The lowest BCUT2D eigenvalue weighted by Crippen LogP contribution is -2.63. The van der Waals surface area contributed by atoms with Crippen LogP contribution in [0.3, 0.4) is 0 Å². The molecular weight excluding hydrogens is 895 g/mol. The normalized spacial score (nSPS) is 19.2. The Hall–Kier alpha value is -6.96. The number of esters is 1. The summed E-state index contributed by atoms with van der Waals surface area (Å²) < 4.78 is 52.7. The van der Waals surface area contributed by atoms with E-state index in [0.29, 0.717) is 6.61 Å². The Balaban J connectivity index is 1.01. The fourth-order valence-electron chi connectivity index (χ4n) is 9.10. The van der Waals surface area contributed by atoms with Gasteiger partial charge in [-0.3, -0.25) is 0 Å². The Morgan fingerprint density at radius 3 is 1.41 bits per heavy atom. The van der Waals surface area contributed by atoms with Gasteiger partial charge < -0.3 is 43.2 Å². The lowest BCUT2D eigenvalue weighted by molar-refractivity contribution is -0.336. The van der Waals surface area contributed by atoms with Crippen LogP contribution in [0, 0.1) is 0 Å². The zero-order valence-corrected chi connectivity index (χ0v) is 39.7. The first-order valence-corrected chi connectivity index (χ1v) is 24.2. The smallest absolute Gasteiger partial charge is 0.407 e. The molecule has 9 rings (SSSR count). The highest BCUT2D eigenvalue weighted by Gasteiger charge is 2.50.